The normalized spacial score (nSPS) is 11.4. The van der Waals surface area contributed by atoms with Crippen LogP contribution in [0.15, 0.2) is 42.5 Å². The Kier molecular flexibility index (Phi) is 6.60. The smallest absolute Gasteiger partial charge is 0.313 e. The molecule has 0 aliphatic rings. The Morgan fingerprint density at radius 2 is 1.69 bits per heavy atom. The summed E-state index contributed by atoms with van der Waals surface area (Å²) in [6.07, 6.45) is 0.952. The lowest BCUT2D eigenvalue weighted by atomic mass is 10.1. The summed E-state index contributed by atoms with van der Waals surface area (Å²) in [5.41, 5.74) is 2.55. The van der Waals surface area contributed by atoms with E-state index in [9.17, 15) is 9.59 Å². The van der Waals surface area contributed by atoms with Crippen molar-refractivity contribution in [3.63, 3.8) is 0 Å². The number of rotatable bonds is 6. The average molecular weight is 356 g/mol. The zero-order valence-corrected chi connectivity index (χ0v) is 15.5. The summed E-state index contributed by atoms with van der Waals surface area (Å²) >= 11 is 0. The van der Waals surface area contributed by atoms with Crippen LogP contribution in [-0.4, -0.2) is 26.0 Å². The third kappa shape index (κ3) is 4.75. The first-order valence-corrected chi connectivity index (χ1v) is 8.41. The van der Waals surface area contributed by atoms with Crippen LogP contribution in [0.4, 0.5) is 5.69 Å². The number of aryl methyl sites for hydroxylation is 1. The fraction of sp³-hybridized carbons (Fsp3) is 0.300. The van der Waals surface area contributed by atoms with Crippen molar-refractivity contribution < 1.29 is 19.1 Å². The van der Waals surface area contributed by atoms with Crippen molar-refractivity contribution in [1.29, 1.82) is 0 Å². The molecule has 0 aliphatic carbocycles. The number of nitrogens with one attached hydrogen (secondary N) is 2. The van der Waals surface area contributed by atoms with Gasteiger partial charge in [-0.25, -0.2) is 0 Å². The molecule has 0 bridgehead atoms. The van der Waals surface area contributed by atoms with Gasteiger partial charge in [-0.05, 0) is 36.6 Å². The zero-order chi connectivity index (χ0) is 19.1. The van der Waals surface area contributed by atoms with Crippen molar-refractivity contribution in [3.8, 4) is 11.5 Å². The molecule has 138 valence electrons. The van der Waals surface area contributed by atoms with Gasteiger partial charge in [0.25, 0.3) is 0 Å². The van der Waals surface area contributed by atoms with Gasteiger partial charge in [-0.2, -0.15) is 0 Å². The van der Waals surface area contributed by atoms with Gasteiger partial charge in [0, 0.05) is 6.07 Å². The first kappa shape index (κ1) is 19.3. The maximum absolute atomic E-state index is 12.2. The minimum atomic E-state index is -0.759. The lowest BCUT2D eigenvalue weighted by molar-refractivity contribution is -0.136. The van der Waals surface area contributed by atoms with E-state index in [1.807, 2.05) is 31.2 Å². The van der Waals surface area contributed by atoms with Crippen molar-refractivity contribution >= 4 is 17.5 Å². The highest BCUT2D eigenvalue weighted by Crippen LogP contribution is 2.28. The van der Waals surface area contributed by atoms with Gasteiger partial charge in [0.1, 0.15) is 11.5 Å². The molecule has 1 atom stereocenters. The van der Waals surface area contributed by atoms with Crippen molar-refractivity contribution in [2.75, 3.05) is 19.5 Å². The molecule has 2 N–H and O–H groups in total. The van der Waals surface area contributed by atoms with Crippen LogP contribution in [0, 0.1) is 0 Å². The van der Waals surface area contributed by atoms with Gasteiger partial charge in [0.05, 0.1) is 25.9 Å². The van der Waals surface area contributed by atoms with Crippen LogP contribution < -0.4 is 20.1 Å². The highest BCUT2D eigenvalue weighted by molar-refractivity contribution is 6.39. The van der Waals surface area contributed by atoms with Crippen molar-refractivity contribution in [2.24, 2.45) is 0 Å². The van der Waals surface area contributed by atoms with Gasteiger partial charge in [0.15, 0.2) is 0 Å². The Morgan fingerprint density at radius 1 is 1.00 bits per heavy atom. The van der Waals surface area contributed by atoms with Gasteiger partial charge in [-0.1, -0.05) is 31.2 Å². The Balaban J connectivity index is 2.01. The average Bonchev–Trinajstić information content (AvgIpc) is 2.68. The van der Waals surface area contributed by atoms with E-state index < -0.39 is 11.8 Å². The predicted molar refractivity (Wildman–Crippen MR) is 101 cm³/mol. The SMILES string of the molecule is CCc1ccc(C(C)NC(=O)C(=O)Nc2ccc(OC)cc2OC)cc1. The Morgan fingerprint density at radius 3 is 2.27 bits per heavy atom. The van der Waals surface area contributed by atoms with Crippen LogP contribution in [-0.2, 0) is 16.0 Å². The van der Waals surface area contributed by atoms with Crippen LogP contribution in [0.3, 0.4) is 0 Å². The van der Waals surface area contributed by atoms with Crippen LogP contribution in [0.5, 0.6) is 11.5 Å². The summed E-state index contributed by atoms with van der Waals surface area (Å²) in [4.78, 5) is 24.4. The van der Waals surface area contributed by atoms with E-state index >= 15 is 0 Å². The standard InChI is InChI=1S/C20H24N2O4/c1-5-14-6-8-15(9-7-14)13(2)21-19(23)20(24)22-17-11-10-16(25-3)12-18(17)26-4/h6-13H,5H2,1-4H3,(H,21,23)(H,22,24). The number of methoxy groups -OCH3 is 2. The van der Waals surface area contributed by atoms with E-state index in [2.05, 4.69) is 17.6 Å². The molecule has 2 aromatic rings. The molecule has 1 unspecified atom stereocenters. The number of benzene rings is 2. The molecule has 6 nitrogen and oxygen atoms in total. The topological polar surface area (TPSA) is 76.7 Å². The molecular weight excluding hydrogens is 332 g/mol. The second-order valence-electron chi connectivity index (χ2n) is 5.81. The quantitative estimate of drug-likeness (QED) is 0.780. The third-order valence-electron chi connectivity index (χ3n) is 4.10. The van der Waals surface area contributed by atoms with Crippen LogP contribution in [0.25, 0.3) is 0 Å². The lowest BCUT2D eigenvalue weighted by Gasteiger charge is -2.15. The summed E-state index contributed by atoms with van der Waals surface area (Å²) in [5.74, 6) is -0.470. The van der Waals surface area contributed by atoms with Crippen LogP contribution in [0.1, 0.15) is 31.0 Å². The molecule has 2 aromatic carbocycles. The fourth-order valence-corrected chi connectivity index (χ4v) is 2.47. The molecule has 2 amide bonds. The molecule has 0 aliphatic heterocycles. The van der Waals surface area contributed by atoms with E-state index in [0.29, 0.717) is 17.2 Å². The summed E-state index contributed by atoms with van der Waals surface area (Å²) in [6.45, 7) is 3.91. The first-order chi connectivity index (χ1) is 12.5. The number of ether oxygens (including phenoxy) is 2. The monoisotopic (exact) mass is 356 g/mol. The minimum absolute atomic E-state index is 0.281. The highest BCUT2D eigenvalue weighted by Gasteiger charge is 2.19. The number of amides is 2. The largest absolute Gasteiger partial charge is 0.497 e. The molecule has 0 saturated heterocycles. The fourth-order valence-electron chi connectivity index (χ4n) is 2.47. The van der Waals surface area contributed by atoms with Gasteiger partial charge < -0.3 is 20.1 Å². The van der Waals surface area contributed by atoms with E-state index in [1.165, 1.54) is 19.8 Å². The molecule has 0 heterocycles. The predicted octanol–water partition coefficient (Wildman–Crippen LogP) is 3.08. The van der Waals surface area contributed by atoms with Crippen LogP contribution >= 0.6 is 0 Å². The molecule has 2 rings (SSSR count). The molecule has 6 heteroatoms. The van der Waals surface area contributed by atoms with Gasteiger partial charge in [-0.15, -0.1) is 0 Å². The van der Waals surface area contributed by atoms with Gasteiger partial charge in [-0.3, -0.25) is 9.59 Å². The molecule has 0 spiro atoms. The number of carbonyl (C=O) groups excluding carboxylic acids is 2. The second kappa shape index (κ2) is 8.89. The lowest BCUT2D eigenvalue weighted by Crippen LogP contribution is -2.37. The molecular formula is C20H24N2O4. The number of hydrogen-bond acceptors (Lipinski definition) is 4. The Labute approximate surface area is 153 Å². The number of anilines is 1. The Bertz CT molecular complexity index is 772. The third-order valence-corrected chi connectivity index (χ3v) is 4.10. The van der Waals surface area contributed by atoms with E-state index in [-0.39, 0.29) is 6.04 Å². The molecule has 0 aromatic heterocycles. The number of carbonyl (C=O) groups is 2. The summed E-state index contributed by atoms with van der Waals surface area (Å²) in [7, 11) is 3.02. The van der Waals surface area contributed by atoms with Crippen molar-refractivity contribution in [3.05, 3.63) is 53.6 Å². The number of hydrogen-bond donors (Lipinski definition) is 2. The molecule has 0 radical (unpaired) electrons. The van der Waals surface area contributed by atoms with Crippen molar-refractivity contribution in [1.82, 2.24) is 5.32 Å². The van der Waals surface area contributed by atoms with Crippen LogP contribution in [0.2, 0.25) is 0 Å². The molecule has 26 heavy (non-hydrogen) atoms. The Hall–Kier alpha value is -3.02. The van der Waals surface area contributed by atoms with E-state index in [1.54, 1.807) is 18.2 Å². The first-order valence-electron chi connectivity index (χ1n) is 8.41. The zero-order valence-electron chi connectivity index (χ0n) is 15.5. The summed E-state index contributed by atoms with van der Waals surface area (Å²) in [5, 5.41) is 5.25. The van der Waals surface area contributed by atoms with E-state index in [4.69, 9.17) is 9.47 Å². The molecule has 0 saturated carbocycles. The molecule has 0 fully saturated rings. The second-order valence-corrected chi connectivity index (χ2v) is 5.81. The maximum Gasteiger partial charge on any atom is 0.313 e. The van der Waals surface area contributed by atoms with Gasteiger partial charge in [0.2, 0.25) is 0 Å². The summed E-state index contributed by atoms with van der Waals surface area (Å²) in [6, 6.07) is 12.6. The summed E-state index contributed by atoms with van der Waals surface area (Å²) < 4.78 is 10.3. The van der Waals surface area contributed by atoms with E-state index in [0.717, 1.165) is 12.0 Å². The highest BCUT2D eigenvalue weighted by atomic mass is 16.5. The van der Waals surface area contributed by atoms with Gasteiger partial charge >= 0.3 is 11.8 Å². The van der Waals surface area contributed by atoms with Crippen molar-refractivity contribution in [2.45, 2.75) is 26.3 Å². The maximum atomic E-state index is 12.2. The minimum Gasteiger partial charge on any atom is -0.497 e.